The van der Waals surface area contributed by atoms with E-state index in [2.05, 4.69) is 31.5 Å². The zero-order chi connectivity index (χ0) is 22.1. The van der Waals surface area contributed by atoms with E-state index in [9.17, 15) is 14.4 Å². The van der Waals surface area contributed by atoms with Crippen molar-refractivity contribution < 1.29 is 19.1 Å². The first-order chi connectivity index (χ1) is 14.1. The third-order valence-corrected chi connectivity index (χ3v) is 3.99. The lowest BCUT2D eigenvalue weighted by Crippen LogP contribution is -2.48. The fourth-order valence-electron chi connectivity index (χ4n) is 2.03. The summed E-state index contributed by atoms with van der Waals surface area (Å²) in [7, 11) is 0. The first-order valence-electron chi connectivity index (χ1n) is 9.00. The number of ether oxygens (including phenoxy) is 1. The second kappa shape index (κ2) is 10.3. The Balaban J connectivity index is 1.77. The lowest BCUT2D eigenvalue weighted by Gasteiger charge is -2.19. The molecule has 2 aromatic rings. The molecule has 0 atom stereocenters. The smallest absolute Gasteiger partial charge is 0.426 e. The largest absolute Gasteiger partial charge is 0.443 e. The first-order valence-corrected chi connectivity index (χ1v) is 9.87. The maximum atomic E-state index is 11.7. The van der Waals surface area contributed by atoms with Crippen molar-refractivity contribution in [2.45, 2.75) is 39.8 Å². The summed E-state index contributed by atoms with van der Waals surface area (Å²) in [6.45, 7) is 6.85. The molecule has 10 nitrogen and oxygen atoms in total. The number of aliphatic imine (C=N–C) groups is 1. The molecule has 0 aliphatic carbocycles. The minimum Gasteiger partial charge on any atom is -0.443 e. The highest BCUT2D eigenvalue weighted by molar-refractivity contribution is 7.14. The molecule has 2 rings (SSSR count). The van der Waals surface area contributed by atoms with E-state index in [1.165, 1.54) is 18.3 Å². The normalized spacial score (nSPS) is 11.1. The molecule has 11 heteroatoms. The summed E-state index contributed by atoms with van der Waals surface area (Å²) in [5.41, 5.74) is 5.92. The molecule has 0 radical (unpaired) electrons. The number of hydrogen-bond acceptors (Lipinski definition) is 7. The van der Waals surface area contributed by atoms with Crippen molar-refractivity contribution in [3.05, 3.63) is 40.9 Å². The monoisotopic (exact) mass is 432 g/mol. The zero-order valence-electron chi connectivity index (χ0n) is 17.1. The molecule has 4 N–H and O–H groups in total. The second-order valence-corrected chi connectivity index (χ2v) is 7.98. The Morgan fingerprint density at radius 2 is 1.87 bits per heavy atom. The zero-order valence-corrected chi connectivity index (χ0v) is 17.9. The fourth-order valence-corrected chi connectivity index (χ4v) is 2.74. The maximum Gasteiger partial charge on any atom is 0.426 e. The van der Waals surface area contributed by atoms with Crippen LogP contribution in [0.1, 0.15) is 39.0 Å². The van der Waals surface area contributed by atoms with Gasteiger partial charge in [0.1, 0.15) is 5.60 Å². The quantitative estimate of drug-likeness (QED) is 0.425. The van der Waals surface area contributed by atoms with E-state index in [-0.39, 0.29) is 12.5 Å². The second-order valence-electron chi connectivity index (χ2n) is 7.12. The van der Waals surface area contributed by atoms with Crippen LogP contribution in [0.4, 0.5) is 20.4 Å². The van der Waals surface area contributed by atoms with Crippen LogP contribution in [0.15, 0.2) is 34.6 Å². The number of hydrazine groups is 1. The van der Waals surface area contributed by atoms with Gasteiger partial charge in [-0.15, -0.1) is 11.3 Å². The molecule has 1 aromatic heterocycles. The van der Waals surface area contributed by atoms with Gasteiger partial charge in [0.15, 0.2) is 5.13 Å². The number of urea groups is 1. The lowest BCUT2D eigenvalue weighted by atomic mass is 10.2. The summed E-state index contributed by atoms with van der Waals surface area (Å²) in [6.07, 6.45) is 0.856. The number of carbonyl (C=O) groups is 3. The van der Waals surface area contributed by atoms with Gasteiger partial charge in [-0.3, -0.25) is 9.79 Å². The molecular weight excluding hydrogens is 408 g/mol. The molecule has 0 saturated heterocycles. The Kier molecular flexibility index (Phi) is 7.87. The van der Waals surface area contributed by atoms with Gasteiger partial charge in [0.2, 0.25) is 5.91 Å². The van der Waals surface area contributed by atoms with Gasteiger partial charge < -0.3 is 15.4 Å². The number of rotatable bonds is 5. The molecule has 30 heavy (non-hydrogen) atoms. The number of nitrogens with one attached hydrogen (secondary N) is 4. The van der Waals surface area contributed by atoms with Crippen LogP contribution in [0.2, 0.25) is 0 Å². The Hall–Kier alpha value is -3.47. The van der Waals surface area contributed by atoms with Crippen LogP contribution in [0.3, 0.4) is 0 Å². The predicted molar refractivity (Wildman–Crippen MR) is 115 cm³/mol. The third kappa shape index (κ3) is 8.69. The molecule has 0 bridgehead atoms. The molecule has 0 aliphatic rings. The molecule has 0 aliphatic heterocycles. The maximum absolute atomic E-state index is 11.7. The van der Waals surface area contributed by atoms with Gasteiger partial charge in [-0.05, 0) is 38.5 Å². The van der Waals surface area contributed by atoms with Crippen molar-refractivity contribution in [3.63, 3.8) is 0 Å². The number of nitrogens with zero attached hydrogens (tertiary/aromatic N) is 2. The SMILES string of the molecule is CC(=O)Nc1nc(C=Nc2ccc(CNC(=O)NNC(=O)OC(C)(C)C)cc2)cs1. The Morgan fingerprint density at radius 1 is 1.17 bits per heavy atom. The number of anilines is 1. The molecule has 1 heterocycles. The highest BCUT2D eigenvalue weighted by atomic mass is 32.1. The number of amides is 4. The van der Waals surface area contributed by atoms with Gasteiger partial charge in [0.05, 0.1) is 17.6 Å². The van der Waals surface area contributed by atoms with Crippen LogP contribution in [0, 0.1) is 0 Å². The van der Waals surface area contributed by atoms with E-state index in [4.69, 9.17) is 4.74 Å². The van der Waals surface area contributed by atoms with E-state index in [0.717, 1.165) is 5.56 Å². The number of thiazole rings is 1. The highest BCUT2D eigenvalue weighted by Gasteiger charge is 2.16. The van der Waals surface area contributed by atoms with Crippen LogP contribution < -0.4 is 21.5 Å². The van der Waals surface area contributed by atoms with Crippen LogP contribution >= 0.6 is 11.3 Å². The molecule has 0 fully saturated rings. The van der Waals surface area contributed by atoms with E-state index in [1.807, 2.05) is 12.1 Å². The average molecular weight is 433 g/mol. The predicted octanol–water partition coefficient (Wildman–Crippen LogP) is 3.09. The van der Waals surface area contributed by atoms with Crippen LogP contribution in [0.25, 0.3) is 0 Å². The molecule has 1 aromatic carbocycles. The Morgan fingerprint density at radius 3 is 2.50 bits per heavy atom. The summed E-state index contributed by atoms with van der Waals surface area (Å²) in [6, 6.07) is 6.66. The third-order valence-electron chi connectivity index (χ3n) is 3.22. The summed E-state index contributed by atoms with van der Waals surface area (Å²) < 4.78 is 5.01. The minimum atomic E-state index is -0.746. The first kappa shape index (κ1) is 22.8. The topological polar surface area (TPSA) is 134 Å². The average Bonchev–Trinajstić information content (AvgIpc) is 3.09. The van der Waals surface area contributed by atoms with E-state index in [0.29, 0.717) is 16.5 Å². The van der Waals surface area contributed by atoms with Crippen molar-refractivity contribution in [3.8, 4) is 0 Å². The van der Waals surface area contributed by atoms with Crippen molar-refractivity contribution >= 4 is 46.4 Å². The van der Waals surface area contributed by atoms with Crippen LogP contribution in [-0.4, -0.2) is 34.8 Å². The van der Waals surface area contributed by atoms with E-state index < -0.39 is 17.7 Å². The highest BCUT2D eigenvalue weighted by Crippen LogP contribution is 2.16. The van der Waals surface area contributed by atoms with Crippen molar-refractivity contribution in [2.75, 3.05) is 5.32 Å². The standard InChI is InChI=1S/C19H24N6O4S/c1-12(26)22-17-23-15(11-30-17)10-20-14-7-5-13(6-8-14)9-21-16(27)24-25-18(28)29-19(2,3)4/h5-8,10-11H,9H2,1-4H3,(H,25,28)(H2,21,24,27)(H,22,23,26). The summed E-state index contributed by atoms with van der Waals surface area (Å²) >= 11 is 1.32. The Bertz CT molecular complexity index is 918. The van der Waals surface area contributed by atoms with Crippen LogP contribution in [-0.2, 0) is 16.1 Å². The van der Waals surface area contributed by atoms with Gasteiger partial charge in [-0.2, -0.15) is 0 Å². The molecular formula is C19H24N6O4S. The van der Waals surface area contributed by atoms with E-state index >= 15 is 0 Å². The fraction of sp³-hybridized carbons (Fsp3) is 0.316. The van der Waals surface area contributed by atoms with Crippen molar-refractivity contribution in [1.82, 2.24) is 21.2 Å². The van der Waals surface area contributed by atoms with E-state index in [1.54, 1.807) is 44.5 Å². The molecule has 0 unspecified atom stereocenters. The van der Waals surface area contributed by atoms with Gasteiger partial charge in [-0.1, -0.05) is 12.1 Å². The lowest BCUT2D eigenvalue weighted by molar-refractivity contribution is -0.114. The number of aromatic nitrogens is 1. The summed E-state index contributed by atoms with van der Waals surface area (Å²) in [4.78, 5) is 42.8. The number of carbonyl (C=O) groups excluding carboxylic acids is 3. The molecule has 4 amide bonds. The summed E-state index contributed by atoms with van der Waals surface area (Å²) in [5.74, 6) is -0.175. The Labute approximate surface area is 178 Å². The van der Waals surface area contributed by atoms with Gasteiger partial charge in [0, 0.05) is 18.8 Å². The molecule has 0 saturated carbocycles. The number of benzene rings is 1. The molecule has 160 valence electrons. The summed E-state index contributed by atoms with van der Waals surface area (Å²) in [5, 5.41) is 7.53. The molecule has 0 spiro atoms. The number of hydrogen-bond donors (Lipinski definition) is 4. The van der Waals surface area contributed by atoms with Crippen molar-refractivity contribution in [1.29, 1.82) is 0 Å². The van der Waals surface area contributed by atoms with Gasteiger partial charge in [-0.25, -0.2) is 25.4 Å². The minimum absolute atomic E-state index is 0.175. The van der Waals surface area contributed by atoms with Gasteiger partial charge >= 0.3 is 12.1 Å². The van der Waals surface area contributed by atoms with Crippen molar-refractivity contribution in [2.24, 2.45) is 4.99 Å². The van der Waals surface area contributed by atoms with Gasteiger partial charge in [0.25, 0.3) is 0 Å². The van der Waals surface area contributed by atoms with Crippen LogP contribution in [0.5, 0.6) is 0 Å².